The van der Waals surface area contributed by atoms with Gasteiger partial charge in [0.2, 0.25) is 5.91 Å². The molecule has 0 N–H and O–H groups in total. The van der Waals surface area contributed by atoms with E-state index in [0.717, 1.165) is 44.9 Å². The standard InChI is InChI=1S/C25H29N3O5/c1-32-21-9-3-18(4-10-21)11-12-26-13-15-27(16-14-26)22-17-23(29)28(24(22)30)20-7-5-19(6-8-20)25(31)33-2/h3-10,22H,11-17H2,1-2H3/t22-/m1/s1. The fourth-order valence-corrected chi connectivity index (χ4v) is 4.41. The summed E-state index contributed by atoms with van der Waals surface area (Å²) in [6.07, 6.45) is 1.14. The van der Waals surface area contributed by atoms with Crippen LogP contribution in [-0.4, -0.2) is 80.6 Å². The van der Waals surface area contributed by atoms with Crippen LogP contribution in [0.3, 0.4) is 0 Å². The first-order chi connectivity index (χ1) is 16.0. The van der Waals surface area contributed by atoms with E-state index in [0.29, 0.717) is 11.3 Å². The molecule has 8 heteroatoms. The zero-order valence-electron chi connectivity index (χ0n) is 19.0. The summed E-state index contributed by atoms with van der Waals surface area (Å²) < 4.78 is 9.90. The summed E-state index contributed by atoms with van der Waals surface area (Å²) in [7, 11) is 2.98. The summed E-state index contributed by atoms with van der Waals surface area (Å²) in [5.74, 6) is -0.00443. The van der Waals surface area contributed by atoms with E-state index >= 15 is 0 Å². The summed E-state index contributed by atoms with van der Waals surface area (Å²) in [4.78, 5) is 43.1. The molecule has 0 spiro atoms. The van der Waals surface area contributed by atoms with E-state index in [1.807, 2.05) is 12.1 Å². The van der Waals surface area contributed by atoms with Gasteiger partial charge in [0.05, 0.1) is 37.9 Å². The third-order valence-electron chi connectivity index (χ3n) is 6.39. The number of piperazine rings is 1. The van der Waals surface area contributed by atoms with Crippen molar-refractivity contribution >= 4 is 23.5 Å². The maximum atomic E-state index is 13.1. The van der Waals surface area contributed by atoms with E-state index < -0.39 is 12.0 Å². The predicted octanol–water partition coefficient (Wildman–Crippen LogP) is 1.97. The van der Waals surface area contributed by atoms with Crippen LogP contribution < -0.4 is 9.64 Å². The molecule has 0 radical (unpaired) electrons. The first kappa shape index (κ1) is 22.9. The number of rotatable bonds is 7. The van der Waals surface area contributed by atoms with Gasteiger partial charge in [-0.25, -0.2) is 9.69 Å². The Morgan fingerprint density at radius 2 is 1.61 bits per heavy atom. The number of hydrogen-bond donors (Lipinski definition) is 0. The van der Waals surface area contributed by atoms with Gasteiger partial charge in [0.15, 0.2) is 0 Å². The fraction of sp³-hybridized carbons (Fsp3) is 0.400. The van der Waals surface area contributed by atoms with Crippen LogP contribution in [0.5, 0.6) is 5.75 Å². The van der Waals surface area contributed by atoms with E-state index in [-0.39, 0.29) is 18.2 Å². The molecule has 2 saturated heterocycles. The van der Waals surface area contributed by atoms with E-state index in [1.165, 1.54) is 17.6 Å². The van der Waals surface area contributed by atoms with Crippen molar-refractivity contribution in [3.05, 3.63) is 59.7 Å². The SMILES string of the molecule is COC(=O)c1ccc(N2C(=O)C[C@@H](N3CCN(CCc4ccc(OC)cc4)CC3)C2=O)cc1. The topological polar surface area (TPSA) is 79.4 Å². The number of imide groups is 1. The first-order valence-corrected chi connectivity index (χ1v) is 11.1. The highest BCUT2D eigenvalue weighted by atomic mass is 16.5. The minimum atomic E-state index is -0.455. The molecule has 4 rings (SSSR count). The molecule has 2 aliphatic heterocycles. The summed E-state index contributed by atoms with van der Waals surface area (Å²) in [6.45, 7) is 4.18. The van der Waals surface area contributed by atoms with Crippen molar-refractivity contribution in [1.82, 2.24) is 9.80 Å². The maximum Gasteiger partial charge on any atom is 0.337 e. The molecule has 8 nitrogen and oxygen atoms in total. The molecule has 174 valence electrons. The van der Waals surface area contributed by atoms with Crippen molar-refractivity contribution in [3.8, 4) is 5.75 Å². The molecular formula is C25H29N3O5. The van der Waals surface area contributed by atoms with E-state index in [4.69, 9.17) is 9.47 Å². The number of ether oxygens (including phenoxy) is 2. The highest BCUT2D eigenvalue weighted by Gasteiger charge is 2.43. The van der Waals surface area contributed by atoms with Gasteiger partial charge in [-0.2, -0.15) is 0 Å². The second-order valence-corrected chi connectivity index (χ2v) is 8.30. The smallest absolute Gasteiger partial charge is 0.337 e. The van der Waals surface area contributed by atoms with Crippen molar-refractivity contribution in [2.24, 2.45) is 0 Å². The number of methoxy groups -OCH3 is 2. The van der Waals surface area contributed by atoms with Crippen molar-refractivity contribution < 1.29 is 23.9 Å². The Morgan fingerprint density at radius 1 is 0.939 bits per heavy atom. The molecule has 0 aliphatic carbocycles. The monoisotopic (exact) mass is 451 g/mol. The lowest BCUT2D eigenvalue weighted by atomic mass is 10.1. The van der Waals surface area contributed by atoms with Gasteiger partial charge in [-0.05, 0) is 48.4 Å². The second kappa shape index (κ2) is 10.1. The van der Waals surface area contributed by atoms with Crippen LogP contribution in [0.2, 0.25) is 0 Å². The molecule has 0 saturated carbocycles. The summed E-state index contributed by atoms with van der Waals surface area (Å²) in [6, 6.07) is 14.1. The van der Waals surface area contributed by atoms with Crippen LogP contribution in [0.4, 0.5) is 5.69 Å². The van der Waals surface area contributed by atoms with Crippen LogP contribution >= 0.6 is 0 Å². The van der Waals surface area contributed by atoms with Gasteiger partial charge in [0.25, 0.3) is 5.91 Å². The maximum absolute atomic E-state index is 13.1. The van der Waals surface area contributed by atoms with Crippen LogP contribution in [0.25, 0.3) is 0 Å². The number of esters is 1. The molecule has 2 fully saturated rings. The number of amides is 2. The van der Waals surface area contributed by atoms with Crippen LogP contribution in [-0.2, 0) is 20.7 Å². The van der Waals surface area contributed by atoms with Crippen molar-refractivity contribution in [2.45, 2.75) is 18.9 Å². The zero-order chi connectivity index (χ0) is 23.4. The molecule has 2 amide bonds. The third kappa shape index (κ3) is 5.07. The van der Waals surface area contributed by atoms with Gasteiger partial charge in [-0.1, -0.05) is 12.1 Å². The van der Waals surface area contributed by atoms with Crippen LogP contribution in [0.15, 0.2) is 48.5 Å². The zero-order valence-corrected chi connectivity index (χ0v) is 19.0. The molecule has 0 aromatic heterocycles. The minimum absolute atomic E-state index is 0.184. The van der Waals surface area contributed by atoms with Gasteiger partial charge >= 0.3 is 5.97 Å². The van der Waals surface area contributed by atoms with Gasteiger partial charge < -0.3 is 14.4 Å². The van der Waals surface area contributed by atoms with Gasteiger partial charge in [-0.3, -0.25) is 14.5 Å². The molecular weight excluding hydrogens is 422 g/mol. The Bertz CT molecular complexity index is 998. The third-order valence-corrected chi connectivity index (χ3v) is 6.39. The average Bonchev–Trinajstić information content (AvgIpc) is 3.16. The minimum Gasteiger partial charge on any atom is -0.497 e. The number of nitrogens with zero attached hydrogens (tertiary/aromatic N) is 3. The van der Waals surface area contributed by atoms with Gasteiger partial charge in [0, 0.05) is 32.7 Å². The molecule has 0 unspecified atom stereocenters. The lowest BCUT2D eigenvalue weighted by Crippen LogP contribution is -2.52. The molecule has 0 bridgehead atoms. The Kier molecular flexibility index (Phi) is 7.05. The molecule has 2 aromatic rings. The van der Waals surface area contributed by atoms with Crippen molar-refractivity contribution in [1.29, 1.82) is 0 Å². The number of hydrogen-bond acceptors (Lipinski definition) is 7. The Hall–Kier alpha value is -3.23. The number of benzene rings is 2. The number of carbonyl (C=O) groups excluding carboxylic acids is 3. The Labute approximate surface area is 193 Å². The summed E-state index contributed by atoms with van der Waals surface area (Å²) >= 11 is 0. The van der Waals surface area contributed by atoms with Crippen LogP contribution in [0, 0.1) is 0 Å². The molecule has 1 atom stereocenters. The van der Waals surface area contributed by atoms with E-state index in [1.54, 1.807) is 31.4 Å². The second-order valence-electron chi connectivity index (χ2n) is 8.30. The summed E-state index contributed by atoms with van der Waals surface area (Å²) in [5, 5.41) is 0. The molecule has 2 heterocycles. The average molecular weight is 452 g/mol. The van der Waals surface area contributed by atoms with Crippen LogP contribution in [0.1, 0.15) is 22.3 Å². The predicted molar refractivity (Wildman–Crippen MR) is 123 cm³/mol. The quantitative estimate of drug-likeness (QED) is 0.470. The molecule has 2 aliphatic rings. The lowest BCUT2D eigenvalue weighted by Gasteiger charge is -2.37. The Balaban J connectivity index is 1.30. The van der Waals surface area contributed by atoms with Crippen molar-refractivity contribution in [3.63, 3.8) is 0 Å². The number of carbonyl (C=O) groups is 3. The first-order valence-electron chi connectivity index (χ1n) is 11.1. The summed E-state index contributed by atoms with van der Waals surface area (Å²) in [5.41, 5.74) is 2.13. The highest BCUT2D eigenvalue weighted by Crippen LogP contribution is 2.27. The normalized spacial score (nSPS) is 19.7. The highest BCUT2D eigenvalue weighted by molar-refractivity contribution is 6.22. The van der Waals surface area contributed by atoms with Gasteiger partial charge in [0.1, 0.15) is 5.75 Å². The molecule has 2 aromatic carbocycles. The van der Waals surface area contributed by atoms with E-state index in [2.05, 4.69) is 21.9 Å². The van der Waals surface area contributed by atoms with E-state index in [9.17, 15) is 14.4 Å². The van der Waals surface area contributed by atoms with Crippen molar-refractivity contribution in [2.75, 3.05) is 51.8 Å². The van der Waals surface area contributed by atoms with Gasteiger partial charge in [-0.15, -0.1) is 0 Å². The Morgan fingerprint density at radius 3 is 2.21 bits per heavy atom. The lowest BCUT2D eigenvalue weighted by molar-refractivity contribution is -0.123. The fourth-order valence-electron chi connectivity index (χ4n) is 4.41. The largest absolute Gasteiger partial charge is 0.497 e. The number of anilines is 1. The molecule has 33 heavy (non-hydrogen) atoms.